The van der Waals surface area contributed by atoms with Crippen molar-refractivity contribution in [3.63, 3.8) is 0 Å². The van der Waals surface area contributed by atoms with E-state index in [1.807, 2.05) is 31.2 Å². The number of carbonyl (C=O) groups is 1. The lowest BCUT2D eigenvalue weighted by Gasteiger charge is -2.19. The standard InChI is InChI=1S/C13H14ClN3O/c1-2-17(13(18)12-15-7-8-16-12)9-10-3-5-11(14)6-4-10/h3-8H,2,9H2,1H3,(H,15,16). The summed E-state index contributed by atoms with van der Waals surface area (Å²) in [5.41, 5.74) is 1.04. The van der Waals surface area contributed by atoms with Crippen molar-refractivity contribution < 1.29 is 4.79 Å². The maximum atomic E-state index is 12.1. The summed E-state index contributed by atoms with van der Waals surface area (Å²) < 4.78 is 0. The highest BCUT2D eigenvalue weighted by Crippen LogP contribution is 2.12. The van der Waals surface area contributed by atoms with E-state index in [1.165, 1.54) is 0 Å². The van der Waals surface area contributed by atoms with Gasteiger partial charge in [-0.2, -0.15) is 0 Å². The van der Waals surface area contributed by atoms with E-state index < -0.39 is 0 Å². The number of hydrogen-bond acceptors (Lipinski definition) is 2. The molecule has 1 amide bonds. The van der Waals surface area contributed by atoms with Crippen LogP contribution in [0.5, 0.6) is 0 Å². The van der Waals surface area contributed by atoms with E-state index in [2.05, 4.69) is 9.97 Å². The number of nitrogens with one attached hydrogen (secondary N) is 1. The van der Waals surface area contributed by atoms with Gasteiger partial charge < -0.3 is 9.88 Å². The summed E-state index contributed by atoms with van der Waals surface area (Å²) in [6, 6.07) is 7.48. The molecule has 1 aromatic heterocycles. The zero-order chi connectivity index (χ0) is 13.0. The number of hydrogen-bond donors (Lipinski definition) is 1. The van der Waals surface area contributed by atoms with Crippen LogP contribution in [0.25, 0.3) is 0 Å². The smallest absolute Gasteiger partial charge is 0.289 e. The Morgan fingerprint density at radius 1 is 1.39 bits per heavy atom. The van der Waals surface area contributed by atoms with Crippen molar-refractivity contribution in [3.8, 4) is 0 Å². The Morgan fingerprint density at radius 2 is 2.11 bits per heavy atom. The van der Waals surface area contributed by atoms with Crippen LogP contribution in [-0.4, -0.2) is 27.3 Å². The second-order valence-corrected chi connectivity index (χ2v) is 4.32. The SMILES string of the molecule is CCN(Cc1ccc(Cl)cc1)C(=O)c1ncc[nH]1. The molecule has 0 aliphatic carbocycles. The zero-order valence-corrected chi connectivity index (χ0v) is 10.8. The van der Waals surface area contributed by atoms with Gasteiger partial charge in [-0.25, -0.2) is 4.98 Å². The van der Waals surface area contributed by atoms with Gasteiger partial charge in [0.1, 0.15) is 0 Å². The van der Waals surface area contributed by atoms with E-state index in [0.29, 0.717) is 23.9 Å². The molecule has 1 aromatic carbocycles. The van der Waals surface area contributed by atoms with Gasteiger partial charge in [0.05, 0.1) is 0 Å². The molecule has 18 heavy (non-hydrogen) atoms. The lowest BCUT2D eigenvalue weighted by Crippen LogP contribution is -2.31. The number of aromatic nitrogens is 2. The second-order valence-electron chi connectivity index (χ2n) is 3.88. The van der Waals surface area contributed by atoms with Gasteiger partial charge >= 0.3 is 0 Å². The third-order valence-electron chi connectivity index (χ3n) is 2.66. The van der Waals surface area contributed by atoms with Crippen molar-refractivity contribution in [1.29, 1.82) is 0 Å². The highest BCUT2D eigenvalue weighted by molar-refractivity contribution is 6.30. The molecule has 94 valence electrons. The number of H-pyrrole nitrogens is 1. The monoisotopic (exact) mass is 263 g/mol. The summed E-state index contributed by atoms with van der Waals surface area (Å²) in [6.07, 6.45) is 3.22. The fourth-order valence-corrected chi connectivity index (χ4v) is 1.80. The van der Waals surface area contributed by atoms with E-state index in [4.69, 9.17) is 11.6 Å². The molecule has 4 nitrogen and oxygen atoms in total. The topological polar surface area (TPSA) is 49.0 Å². The number of nitrogens with zero attached hydrogens (tertiary/aromatic N) is 2. The van der Waals surface area contributed by atoms with Crippen molar-refractivity contribution in [3.05, 3.63) is 53.1 Å². The Hall–Kier alpha value is -1.81. The zero-order valence-electron chi connectivity index (χ0n) is 10.1. The number of aromatic amines is 1. The quantitative estimate of drug-likeness (QED) is 0.922. The molecule has 0 bridgehead atoms. The minimum atomic E-state index is -0.0996. The first-order valence-electron chi connectivity index (χ1n) is 5.74. The third-order valence-corrected chi connectivity index (χ3v) is 2.91. The van der Waals surface area contributed by atoms with Crippen LogP contribution in [0.2, 0.25) is 5.02 Å². The summed E-state index contributed by atoms with van der Waals surface area (Å²) >= 11 is 5.83. The minimum Gasteiger partial charge on any atom is -0.341 e. The summed E-state index contributed by atoms with van der Waals surface area (Å²) in [6.45, 7) is 3.12. The normalized spacial score (nSPS) is 10.3. The molecule has 0 saturated carbocycles. The molecule has 0 atom stereocenters. The van der Waals surface area contributed by atoms with Gasteiger partial charge in [-0.05, 0) is 24.6 Å². The van der Waals surface area contributed by atoms with Crippen molar-refractivity contribution in [2.75, 3.05) is 6.54 Å². The predicted molar refractivity (Wildman–Crippen MR) is 70.5 cm³/mol. The number of halogens is 1. The van der Waals surface area contributed by atoms with Crippen molar-refractivity contribution in [2.45, 2.75) is 13.5 Å². The van der Waals surface area contributed by atoms with Crippen molar-refractivity contribution in [2.24, 2.45) is 0 Å². The molecule has 2 rings (SSSR count). The molecule has 0 aliphatic heterocycles. The van der Waals surface area contributed by atoms with Crippen LogP contribution in [-0.2, 0) is 6.54 Å². The van der Waals surface area contributed by atoms with Crippen molar-refractivity contribution >= 4 is 17.5 Å². The number of rotatable bonds is 4. The highest BCUT2D eigenvalue weighted by Gasteiger charge is 2.16. The maximum Gasteiger partial charge on any atom is 0.289 e. The van der Waals surface area contributed by atoms with E-state index in [-0.39, 0.29) is 5.91 Å². The molecular weight excluding hydrogens is 250 g/mol. The minimum absolute atomic E-state index is 0.0996. The van der Waals surface area contributed by atoms with Crippen LogP contribution < -0.4 is 0 Å². The van der Waals surface area contributed by atoms with Crippen LogP contribution in [0.4, 0.5) is 0 Å². The lowest BCUT2D eigenvalue weighted by atomic mass is 10.2. The fourth-order valence-electron chi connectivity index (χ4n) is 1.67. The van der Waals surface area contributed by atoms with E-state index in [0.717, 1.165) is 5.56 Å². The molecule has 0 saturated heterocycles. The van der Waals surface area contributed by atoms with E-state index >= 15 is 0 Å². The Bertz CT molecular complexity index is 508. The molecule has 0 fully saturated rings. The van der Waals surface area contributed by atoms with Crippen LogP contribution in [0.15, 0.2) is 36.7 Å². The second kappa shape index (κ2) is 5.69. The van der Waals surface area contributed by atoms with Gasteiger partial charge in [-0.15, -0.1) is 0 Å². The van der Waals surface area contributed by atoms with E-state index in [9.17, 15) is 4.79 Å². The molecule has 5 heteroatoms. The summed E-state index contributed by atoms with van der Waals surface area (Å²) in [5.74, 6) is 0.267. The van der Waals surface area contributed by atoms with Gasteiger partial charge in [-0.3, -0.25) is 4.79 Å². The molecular formula is C13H14ClN3O. The summed E-state index contributed by atoms with van der Waals surface area (Å²) in [5, 5.41) is 0.694. The largest absolute Gasteiger partial charge is 0.341 e. The molecule has 0 radical (unpaired) electrons. The number of amides is 1. The average molecular weight is 264 g/mol. The third kappa shape index (κ3) is 2.90. The first kappa shape index (κ1) is 12.6. The molecule has 1 N–H and O–H groups in total. The van der Waals surface area contributed by atoms with Crippen LogP contribution in [0.1, 0.15) is 23.1 Å². The molecule has 0 unspecified atom stereocenters. The number of carbonyl (C=O) groups excluding carboxylic acids is 1. The molecule has 0 aliphatic rings. The highest BCUT2D eigenvalue weighted by atomic mass is 35.5. The Kier molecular flexibility index (Phi) is 3.99. The van der Waals surface area contributed by atoms with Crippen LogP contribution in [0, 0.1) is 0 Å². The Balaban J connectivity index is 2.10. The number of imidazole rings is 1. The molecule has 0 spiro atoms. The predicted octanol–water partition coefficient (Wildman–Crippen LogP) is 2.73. The Labute approximate surface area is 111 Å². The van der Waals surface area contributed by atoms with Crippen LogP contribution in [0.3, 0.4) is 0 Å². The first-order valence-corrected chi connectivity index (χ1v) is 6.11. The van der Waals surface area contributed by atoms with Gasteiger partial charge in [0.2, 0.25) is 0 Å². The molecule has 2 aromatic rings. The van der Waals surface area contributed by atoms with Crippen LogP contribution >= 0.6 is 11.6 Å². The lowest BCUT2D eigenvalue weighted by molar-refractivity contribution is 0.0741. The number of benzene rings is 1. The van der Waals surface area contributed by atoms with Gasteiger partial charge in [0.25, 0.3) is 5.91 Å². The molecule has 1 heterocycles. The van der Waals surface area contributed by atoms with Gasteiger partial charge in [0.15, 0.2) is 5.82 Å². The van der Waals surface area contributed by atoms with Gasteiger partial charge in [0, 0.05) is 30.5 Å². The summed E-state index contributed by atoms with van der Waals surface area (Å²) in [7, 11) is 0. The Morgan fingerprint density at radius 3 is 2.67 bits per heavy atom. The first-order chi connectivity index (χ1) is 8.70. The van der Waals surface area contributed by atoms with E-state index in [1.54, 1.807) is 17.3 Å². The maximum absolute atomic E-state index is 12.1. The van der Waals surface area contributed by atoms with Crippen molar-refractivity contribution in [1.82, 2.24) is 14.9 Å². The fraction of sp³-hybridized carbons (Fsp3) is 0.231. The van der Waals surface area contributed by atoms with Gasteiger partial charge in [-0.1, -0.05) is 23.7 Å². The summed E-state index contributed by atoms with van der Waals surface area (Å²) in [4.78, 5) is 20.6. The average Bonchev–Trinajstić information content (AvgIpc) is 2.91.